The van der Waals surface area contributed by atoms with Gasteiger partial charge < -0.3 is 0 Å². The van der Waals surface area contributed by atoms with Crippen LogP contribution in [-0.4, -0.2) is 19.7 Å². The standard InChI is InChI=1S/C18H13N5/c1-13-8-15(11-19)10-16(9-13)23-12-14(2)17(22-23)4-5-18-20-6-3-7-21-18/h3,6-10,12H,1-2H3. The minimum Gasteiger partial charge on any atom is -0.239 e. The van der Waals surface area contributed by atoms with E-state index < -0.39 is 0 Å². The van der Waals surface area contributed by atoms with Gasteiger partial charge in [0.1, 0.15) is 5.69 Å². The molecule has 0 saturated carbocycles. The zero-order chi connectivity index (χ0) is 16.2. The van der Waals surface area contributed by atoms with E-state index >= 15 is 0 Å². The zero-order valence-corrected chi connectivity index (χ0v) is 12.8. The quantitative estimate of drug-likeness (QED) is 0.648. The van der Waals surface area contributed by atoms with E-state index in [-0.39, 0.29) is 0 Å². The maximum absolute atomic E-state index is 9.09. The molecule has 0 aliphatic rings. The molecule has 0 saturated heterocycles. The van der Waals surface area contributed by atoms with E-state index in [4.69, 9.17) is 5.26 Å². The van der Waals surface area contributed by atoms with Crippen LogP contribution in [0.1, 0.15) is 28.2 Å². The van der Waals surface area contributed by atoms with Gasteiger partial charge in [-0.1, -0.05) is 0 Å². The first-order valence-corrected chi connectivity index (χ1v) is 7.03. The van der Waals surface area contributed by atoms with Gasteiger partial charge in [0.05, 0.1) is 17.3 Å². The molecule has 0 unspecified atom stereocenters. The summed E-state index contributed by atoms with van der Waals surface area (Å²) in [6.45, 7) is 3.90. The fraction of sp³-hybridized carbons (Fsp3) is 0.111. The molecule has 0 fully saturated rings. The van der Waals surface area contributed by atoms with Crippen molar-refractivity contribution in [2.75, 3.05) is 0 Å². The van der Waals surface area contributed by atoms with Crippen LogP contribution >= 0.6 is 0 Å². The smallest absolute Gasteiger partial charge is 0.205 e. The summed E-state index contributed by atoms with van der Waals surface area (Å²) in [5.74, 6) is 6.35. The van der Waals surface area contributed by atoms with Crippen LogP contribution < -0.4 is 0 Å². The molecule has 5 nitrogen and oxygen atoms in total. The topological polar surface area (TPSA) is 67.4 Å². The normalized spacial score (nSPS) is 9.78. The lowest BCUT2D eigenvalue weighted by Crippen LogP contribution is -1.96. The second-order valence-corrected chi connectivity index (χ2v) is 5.10. The number of benzene rings is 1. The van der Waals surface area contributed by atoms with Gasteiger partial charge in [-0.15, -0.1) is 0 Å². The minimum atomic E-state index is 0.462. The van der Waals surface area contributed by atoms with Crippen LogP contribution in [0.4, 0.5) is 0 Å². The Balaban J connectivity index is 1.98. The number of rotatable bonds is 1. The highest BCUT2D eigenvalue weighted by Gasteiger charge is 2.06. The second kappa shape index (κ2) is 6.13. The number of hydrogen-bond donors (Lipinski definition) is 0. The molecule has 2 heterocycles. The molecule has 3 aromatic rings. The summed E-state index contributed by atoms with van der Waals surface area (Å²) in [4.78, 5) is 8.13. The van der Waals surface area contributed by atoms with E-state index in [1.54, 1.807) is 29.2 Å². The van der Waals surface area contributed by atoms with Crippen molar-refractivity contribution in [3.8, 4) is 23.6 Å². The number of nitriles is 1. The lowest BCUT2D eigenvalue weighted by molar-refractivity contribution is 0.872. The molecule has 3 rings (SSSR count). The third kappa shape index (κ3) is 3.25. The summed E-state index contributed by atoms with van der Waals surface area (Å²) >= 11 is 0. The van der Waals surface area contributed by atoms with Gasteiger partial charge in [-0.25, -0.2) is 14.6 Å². The lowest BCUT2D eigenvalue weighted by Gasteiger charge is -2.03. The third-order valence-corrected chi connectivity index (χ3v) is 3.21. The number of aromatic nitrogens is 4. The highest BCUT2D eigenvalue weighted by Crippen LogP contribution is 2.15. The SMILES string of the molecule is Cc1cc(C#N)cc(-n2cc(C)c(C#Cc3ncccn3)n2)c1. The van der Waals surface area contributed by atoms with Crippen molar-refractivity contribution < 1.29 is 0 Å². The number of hydrogen-bond acceptors (Lipinski definition) is 4. The van der Waals surface area contributed by atoms with E-state index in [2.05, 4.69) is 33.0 Å². The average Bonchev–Trinajstić information content (AvgIpc) is 2.94. The van der Waals surface area contributed by atoms with Crippen LogP contribution in [-0.2, 0) is 0 Å². The summed E-state index contributed by atoms with van der Waals surface area (Å²) in [6.07, 6.45) is 5.20. The molecule has 0 aliphatic heterocycles. The van der Waals surface area contributed by atoms with Gasteiger partial charge in [-0.3, -0.25) is 0 Å². The first-order valence-electron chi connectivity index (χ1n) is 7.03. The van der Waals surface area contributed by atoms with Gasteiger partial charge in [-0.2, -0.15) is 10.4 Å². The molecule has 2 aromatic heterocycles. The van der Waals surface area contributed by atoms with Crippen LogP contribution in [0.5, 0.6) is 0 Å². The molecule has 0 bridgehead atoms. The van der Waals surface area contributed by atoms with Crippen molar-refractivity contribution >= 4 is 0 Å². The molecular weight excluding hydrogens is 286 g/mol. The maximum Gasteiger partial charge on any atom is 0.205 e. The Hall–Kier alpha value is -3.44. The largest absolute Gasteiger partial charge is 0.239 e. The molecule has 110 valence electrons. The summed E-state index contributed by atoms with van der Waals surface area (Å²) in [6, 6.07) is 9.53. The Kier molecular flexibility index (Phi) is 3.86. The van der Waals surface area contributed by atoms with Gasteiger partial charge >= 0.3 is 0 Å². The van der Waals surface area contributed by atoms with Crippen LogP contribution in [0.3, 0.4) is 0 Å². The molecule has 0 spiro atoms. The Morgan fingerprint density at radius 3 is 2.57 bits per heavy atom. The molecule has 23 heavy (non-hydrogen) atoms. The number of nitrogens with zero attached hydrogens (tertiary/aromatic N) is 5. The van der Waals surface area contributed by atoms with E-state index in [0.717, 1.165) is 16.8 Å². The van der Waals surface area contributed by atoms with Crippen molar-refractivity contribution in [2.45, 2.75) is 13.8 Å². The minimum absolute atomic E-state index is 0.462. The molecular formula is C18H13N5. The van der Waals surface area contributed by atoms with E-state index in [9.17, 15) is 0 Å². The van der Waals surface area contributed by atoms with Crippen LogP contribution in [0, 0.1) is 37.0 Å². The van der Waals surface area contributed by atoms with Gasteiger partial charge in [0, 0.05) is 24.2 Å². The van der Waals surface area contributed by atoms with Crippen molar-refractivity contribution in [2.24, 2.45) is 0 Å². The molecule has 0 aliphatic carbocycles. The Bertz CT molecular complexity index is 953. The van der Waals surface area contributed by atoms with Crippen LogP contribution in [0.15, 0.2) is 42.9 Å². The van der Waals surface area contributed by atoms with Crippen LogP contribution in [0.25, 0.3) is 5.69 Å². The molecule has 5 heteroatoms. The average molecular weight is 299 g/mol. The van der Waals surface area contributed by atoms with E-state index in [0.29, 0.717) is 17.1 Å². The molecule has 0 N–H and O–H groups in total. The predicted octanol–water partition coefficient (Wildman–Crippen LogP) is 2.55. The third-order valence-electron chi connectivity index (χ3n) is 3.21. The number of aryl methyl sites for hydroxylation is 2. The lowest BCUT2D eigenvalue weighted by atomic mass is 10.1. The Morgan fingerprint density at radius 2 is 1.83 bits per heavy atom. The monoisotopic (exact) mass is 299 g/mol. The summed E-state index contributed by atoms with van der Waals surface area (Å²) in [5, 5.41) is 13.6. The maximum atomic E-state index is 9.09. The summed E-state index contributed by atoms with van der Waals surface area (Å²) < 4.78 is 1.74. The van der Waals surface area contributed by atoms with E-state index in [1.165, 1.54) is 0 Å². The zero-order valence-electron chi connectivity index (χ0n) is 12.8. The van der Waals surface area contributed by atoms with Gasteiger partial charge in [0.2, 0.25) is 5.82 Å². The van der Waals surface area contributed by atoms with Gasteiger partial charge in [0.15, 0.2) is 0 Å². The van der Waals surface area contributed by atoms with Crippen LogP contribution in [0.2, 0.25) is 0 Å². The first kappa shape index (κ1) is 14.5. The Labute approximate surface area is 134 Å². The van der Waals surface area contributed by atoms with Crippen molar-refractivity contribution in [1.82, 2.24) is 19.7 Å². The van der Waals surface area contributed by atoms with Gasteiger partial charge in [-0.05, 0) is 55.5 Å². The second-order valence-electron chi connectivity index (χ2n) is 5.10. The van der Waals surface area contributed by atoms with Crippen molar-refractivity contribution in [3.63, 3.8) is 0 Å². The summed E-state index contributed by atoms with van der Waals surface area (Å²) in [7, 11) is 0. The Morgan fingerprint density at radius 1 is 1.04 bits per heavy atom. The highest BCUT2D eigenvalue weighted by atomic mass is 15.3. The molecule has 0 atom stereocenters. The first-order chi connectivity index (χ1) is 11.2. The molecule has 0 radical (unpaired) electrons. The molecule has 0 amide bonds. The molecule has 1 aromatic carbocycles. The van der Waals surface area contributed by atoms with Crippen molar-refractivity contribution in [3.05, 3.63) is 71.1 Å². The predicted molar refractivity (Wildman–Crippen MR) is 85.8 cm³/mol. The fourth-order valence-corrected chi connectivity index (χ4v) is 2.15. The highest BCUT2D eigenvalue weighted by molar-refractivity contribution is 5.46. The van der Waals surface area contributed by atoms with E-state index in [1.807, 2.05) is 32.2 Å². The van der Waals surface area contributed by atoms with Crippen molar-refractivity contribution in [1.29, 1.82) is 5.26 Å². The summed E-state index contributed by atoms with van der Waals surface area (Å²) in [5.41, 5.74) is 4.08. The fourth-order valence-electron chi connectivity index (χ4n) is 2.15. The van der Waals surface area contributed by atoms with Gasteiger partial charge in [0.25, 0.3) is 0 Å².